The van der Waals surface area contributed by atoms with E-state index < -0.39 is 12.3 Å². The second kappa shape index (κ2) is 7.19. The topological polar surface area (TPSA) is 71.1 Å². The SMILES string of the molecule is CCOC(=O)CC(=O)c1ccc(C2OCCO2)c(OC)c1. The number of methoxy groups -OCH3 is 1. The smallest absolute Gasteiger partial charge is 0.313 e. The minimum atomic E-state index is -0.534. The fourth-order valence-electron chi connectivity index (χ4n) is 2.06. The van der Waals surface area contributed by atoms with Crippen molar-refractivity contribution in [3.8, 4) is 5.75 Å². The van der Waals surface area contributed by atoms with Gasteiger partial charge in [0.05, 0.1) is 26.9 Å². The van der Waals surface area contributed by atoms with Crippen LogP contribution < -0.4 is 4.74 Å². The van der Waals surface area contributed by atoms with E-state index in [1.807, 2.05) is 0 Å². The van der Waals surface area contributed by atoms with Gasteiger partial charge in [0.15, 0.2) is 12.1 Å². The number of benzene rings is 1. The maximum Gasteiger partial charge on any atom is 0.313 e. The van der Waals surface area contributed by atoms with E-state index >= 15 is 0 Å². The molecule has 0 saturated carbocycles. The number of esters is 1. The van der Waals surface area contributed by atoms with Crippen molar-refractivity contribution < 1.29 is 28.5 Å². The molecule has 6 heteroatoms. The summed E-state index contributed by atoms with van der Waals surface area (Å²) in [5.41, 5.74) is 1.12. The van der Waals surface area contributed by atoms with E-state index in [0.717, 1.165) is 5.56 Å². The van der Waals surface area contributed by atoms with E-state index in [2.05, 4.69) is 0 Å². The molecule has 0 radical (unpaired) electrons. The zero-order valence-corrected chi connectivity index (χ0v) is 12.1. The molecule has 0 unspecified atom stereocenters. The molecule has 1 fully saturated rings. The molecule has 1 saturated heterocycles. The van der Waals surface area contributed by atoms with Gasteiger partial charge in [-0.25, -0.2) is 0 Å². The highest BCUT2D eigenvalue weighted by atomic mass is 16.7. The average Bonchev–Trinajstić information content (AvgIpc) is 3.00. The first kappa shape index (κ1) is 15.5. The largest absolute Gasteiger partial charge is 0.496 e. The van der Waals surface area contributed by atoms with Crippen LogP contribution in [-0.2, 0) is 19.0 Å². The first-order valence-electron chi connectivity index (χ1n) is 6.75. The van der Waals surface area contributed by atoms with Gasteiger partial charge in [-0.3, -0.25) is 9.59 Å². The van der Waals surface area contributed by atoms with E-state index in [-0.39, 0.29) is 18.8 Å². The van der Waals surface area contributed by atoms with Gasteiger partial charge in [-0.1, -0.05) is 6.07 Å². The fraction of sp³-hybridized carbons (Fsp3) is 0.467. The second-order valence-corrected chi connectivity index (χ2v) is 4.44. The highest BCUT2D eigenvalue weighted by Gasteiger charge is 2.23. The van der Waals surface area contributed by atoms with E-state index in [1.54, 1.807) is 25.1 Å². The molecular weight excluding hydrogens is 276 g/mol. The Labute approximate surface area is 122 Å². The summed E-state index contributed by atoms with van der Waals surface area (Å²) in [5.74, 6) is -0.351. The van der Waals surface area contributed by atoms with Crippen molar-refractivity contribution in [2.45, 2.75) is 19.6 Å². The molecule has 0 N–H and O–H groups in total. The van der Waals surface area contributed by atoms with Crippen molar-refractivity contribution in [2.24, 2.45) is 0 Å². The lowest BCUT2D eigenvalue weighted by molar-refractivity contribution is -0.141. The molecule has 0 spiro atoms. The predicted octanol–water partition coefficient (Wildman–Crippen LogP) is 1.88. The number of carbonyl (C=O) groups is 2. The Kier molecular flexibility index (Phi) is 5.30. The van der Waals surface area contributed by atoms with Gasteiger partial charge in [0, 0.05) is 11.1 Å². The summed E-state index contributed by atoms with van der Waals surface area (Å²) in [6.07, 6.45) is -0.763. The third-order valence-electron chi connectivity index (χ3n) is 3.04. The summed E-state index contributed by atoms with van der Waals surface area (Å²) >= 11 is 0. The van der Waals surface area contributed by atoms with E-state index in [1.165, 1.54) is 7.11 Å². The maximum atomic E-state index is 12.0. The van der Waals surface area contributed by atoms with Crippen LogP contribution in [0.5, 0.6) is 5.75 Å². The van der Waals surface area contributed by atoms with Crippen molar-refractivity contribution >= 4 is 11.8 Å². The molecule has 0 amide bonds. The Morgan fingerprint density at radius 2 is 2.00 bits per heavy atom. The lowest BCUT2D eigenvalue weighted by Gasteiger charge is -2.14. The van der Waals surface area contributed by atoms with Gasteiger partial charge in [-0.05, 0) is 19.1 Å². The Hall–Kier alpha value is -1.92. The summed E-state index contributed by atoms with van der Waals surface area (Å²) in [6, 6.07) is 4.93. The van der Waals surface area contributed by atoms with Crippen LogP contribution in [0.3, 0.4) is 0 Å². The third kappa shape index (κ3) is 3.80. The molecule has 1 aromatic rings. The Bertz CT molecular complexity index is 519. The number of ether oxygens (including phenoxy) is 4. The van der Waals surface area contributed by atoms with Crippen molar-refractivity contribution in [3.05, 3.63) is 29.3 Å². The predicted molar refractivity (Wildman–Crippen MR) is 73.2 cm³/mol. The summed E-state index contributed by atoms with van der Waals surface area (Å²) in [5, 5.41) is 0. The van der Waals surface area contributed by atoms with Crippen LogP contribution in [0.15, 0.2) is 18.2 Å². The van der Waals surface area contributed by atoms with Gasteiger partial charge in [0.2, 0.25) is 0 Å². The maximum absolute atomic E-state index is 12.0. The highest BCUT2D eigenvalue weighted by molar-refractivity contribution is 6.06. The molecule has 0 aliphatic carbocycles. The summed E-state index contributed by atoms with van der Waals surface area (Å²) < 4.78 is 20.9. The van der Waals surface area contributed by atoms with Crippen molar-refractivity contribution in [1.82, 2.24) is 0 Å². The van der Waals surface area contributed by atoms with E-state index in [4.69, 9.17) is 18.9 Å². The van der Waals surface area contributed by atoms with Crippen molar-refractivity contribution in [2.75, 3.05) is 26.9 Å². The molecule has 1 aliphatic heterocycles. The molecule has 21 heavy (non-hydrogen) atoms. The van der Waals surface area contributed by atoms with Crippen LogP contribution in [0.4, 0.5) is 0 Å². The van der Waals surface area contributed by atoms with Gasteiger partial charge in [-0.15, -0.1) is 0 Å². The lowest BCUT2D eigenvalue weighted by Crippen LogP contribution is -2.12. The van der Waals surface area contributed by atoms with Gasteiger partial charge in [0.25, 0.3) is 0 Å². The van der Waals surface area contributed by atoms with Crippen LogP contribution in [0.2, 0.25) is 0 Å². The van der Waals surface area contributed by atoms with Crippen LogP contribution in [0.1, 0.15) is 35.6 Å². The standard InChI is InChI=1S/C15H18O6/c1-3-19-14(17)9-12(16)10-4-5-11(13(8-10)18-2)15-20-6-7-21-15/h4-5,8,15H,3,6-7,9H2,1-2H3. The van der Waals surface area contributed by atoms with Gasteiger partial charge in [0.1, 0.15) is 12.2 Å². The normalized spacial score (nSPS) is 15.0. The molecular formula is C15H18O6. The van der Waals surface area contributed by atoms with Crippen LogP contribution in [0, 0.1) is 0 Å². The molecule has 6 nitrogen and oxygen atoms in total. The summed E-state index contributed by atoms with van der Waals surface area (Å²) in [4.78, 5) is 23.4. The number of ketones is 1. The molecule has 0 aromatic heterocycles. The average molecular weight is 294 g/mol. The minimum absolute atomic E-state index is 0.255. The van der Waals surface area contributed by atoms with Gasteiger partial charge in [-0.2, -0.15) is 0 Å². The summed E-state index contributed by atoms with van der Waals surface area (Å²) in [7, 11) is 1.51. The first-order valence-corrected chi connectivity index (χ1v) is 6.75. The first-order chi connectivity index (χ1) is 10.2. The second-order valence-electron chi connectivity index (χ2n) is 4.44. The Balaban J connectivity index is 2.14. The van der Waals surface area contributed by atoms with Crippen LogP contribution in [-0.4, -0.2) is 38.7 Å². The molecule has 114 valence electrons. The zero-order valence-electron chi connectivity index (χ0n) is 12.1. The number of hydrogen-bond acceptors (Lipinski definition) is 6. The Morgan fingerprint density at radius 3 is 2.62 bits per heavy atom. The molecule has 0 atom stereocenters. The van der Waals surface area contributed by atoms with Crippen molar-refractivity contribution in [3.63, 3.8) is 0 Å². The highest BCUT2D eigenvalue weighted by Crippen LogP contribution is 2.32. The van der Waals surface area contributed by atoms with Crippen LogP contribution >= 0.6 is 0 Å². The molecule has 2 rings (SSSR count). The third-order valence-corrected chi connectivity index (χ3v) is 3.04. The Morgan fingerprint density at radius 1 is 1.29 bits per heavy atom. The number of carbonyl (C=O) groups excluding carboxylic acids is 2. The summed E-state index contributed by atoms with van der Waals surface area (Å²) in [6.45, 7) is 3.00. The fourth-order valence-corrected chi connectivity index (χ4v) is 2.06. The molecule has 1 aromatic carbocycles. The van der Waals surface area contributed by atoms with Crippen molar-refractivity contribution in [1.29, 1.82) is 0 Å². The van der Waals surface area contributed by atoms with Gasteiger partial charge < -0.3 is 18.9 Å². The quantitative estimate of drug-likeness (QED) is 0.453. The number of rotatable bonds is 6. The monoisotopic (exact) mass is 294 g/mol. The molecule has 1 aliphatic rings. The van der Waals surface area contributed by atoms with Gasteiger partial charge >= 0.3 is 5.97 Å². The lowest BCUT2D eigenvalue weighted by atomic mass is 10.0. The number of Topliss-reactive ketones (excluding diaryl/α,β-unsaturated/α-hetero) is 1. The van der Waals surface area contributed by atoms with E-state index in [9.17, 15) is 9.59 Å². The minimum Gasteiger partial charge on any atom is -0.496 e. The van der Waals surface area contributed by atoms with Crippen LogP contribution in [0.25, 0.3) is 0 Å². The molecule has 0 bridgehead atoms. The van der Waals surface area contributed by atoms with E-state index in [0.29, 0.717) is 24.5 Å². The molecule has 1 heterocycles. The number of hydrogen-bond donors (Lipinski definition) is 0. The zero-order chi connectivity index (χ0) is 15.2.